The number of hydrogen-bond donors (Lipinski definition) is 2. The van der Waals surface area contributed by atoms with Gasteiger partial charge in [-0.05, 0) is 69.9 Å². The molecule has 8 heteroatoms. The molecular formula is C32H47N3O5. The third-order valence-corrected chi connectivity index (χ3v) is 6.42. The van der Waals surface area contributed by atoms with Crippen molar-refractivity contribution in [3.8, 4) is 5.75 Å². The first-order valence-electron chi connectivity index (χ1n) is 14.2. The number of alkyl carbamates (subject to hydrolysis) is 1. The number of ether oxygens (including phenoxy) is 2. The highest BCUT2D eigenvalue weighted by Crippen LogP contribution is 2.27. The number of anilines is 1. The van der Waals surface area contributed by atoms with E-state index in [0.29, 0.717) is 23.5 Å². The van der Waals surface area contributed by atoms with E-state index in [1.807, 2.05) is 45.0 Å². The molecule has 0 aromatic heterocycles. The van der Waals surface area contributed by atoms with Gasteiger partial charge in [0.25, 0.3) is 5.91 Å². The molecule has 0 spiro atoms. The van der Waals surface area contributed by atoms with Crippen molar-refractivity contribution in [1.82, 2.24) is 10.2 Å². The van der Waals surface area contributed by atoms with Crippen LogP contribution in [0.2, 0.25) is 0 Å². The summed E-state index contributed by atoms with van der Waals surface area (Å²) < 4.78 is 10.7. The molecule has 0 aliphatic carbocycles. The number of carbonyl (C=O) groups excluding carboxylic acids is 3. The summed E-state index contributed by atoms with van der Waals surface area (Å²) in [5, 5.41) is 5.76. The largest absolute Gasteiger partial charge is 0.497 e. The van der Waals surface area contributed by atoms with Crippen LogP contribution in [0.3, 0.4) is 0 Å². The lowest BCUT2D eigenvalue weighted by atomic mass is 9.97. The zero-order valence-corrected chi connectivity index (χ0v) is 25.4. The van der Waals surface area contributed by atoms with E-state index in [2.05, 4.69) is 17.6 Å². The van der Waals surface area contributed by atoms with Crippen molar-refractivity contribution in [2.24, 2.45) is 5.92 Å². The van der Waals surface area contributed by atoms with Gasteiger partial charge in [-0.25, -0.2) is 4.79 Å². The number of amides is 3. The van der Waals surface area contributed by atoms with Gasteiger partial charge in [-0.15, -0.1) is 0 Å². The Morgan fingerprint density at radius 1 is 0.975 bits per heavy atom. The van der Waals surface area contributed by atoms with E-state index in [4.69, 9.17) is 9.47 Å². The Morgan fingerprint density at radius 3 is 2.20 bits per heavy atom. The number of aryl methyl sites for hydroxylation is 1. The van der Waals surface area contributed by atoms with Gasteiger partial charge in [-0.3, -0.25) is 9.59 Å². The third-order valence-electron chi connectivity index (χ3n) is 6.42. The normalized spacial score (nSPS) is 12.8. The number of rotatable bonds is 13. The van der Waals surface area contributed by atoms with Gasteiger partial charge in [0, 0.05) is 12.2 Å². The Morgan fingerprint density at radius 2 is 1.65 bits per heavy atom. The zero-order valence-electron chi connectivity index (χ0n) is 25.4. The van der Waals surface area contributed by atoms with Crippen LogP contribution in [-0.2, 0) is 14.3 Å². The van der Waals surface area contributed by atoms with Gasteiger partial charge in [0.1, 0.15) is 23.4 Å². The average molecular weight is 554 g/mol. The molecule has 2 aromatic carbocycles. The fourth-order valence-corrected chi connectivity index (χ4v) is 4.40. The molecule has 40 heavy (non-hydrogen) atoms. The van der Waals surface area contributed by atoms with E-state index in [-0.39, 0.29) is 17.7 Å². The molecule has 3 amide bonds. The van der Waals surface area contributed by atoms with Gasteiger partial charge in [0.15, 0.2) is 0 Å². The van der Waals surface area contributed by atoms with Crippen LogP contribution in [0.5, 0.6) is 5.75 Å². The van der Waals surface area contributed by atoms with Crippen LogP contribution in [0.15, 0.2) is 48.5 Å². The number of hydrogen-bond acceptors (Lipinski definition) is 5. The van der Waals surface area contributed by atoms with Crippen molar-refractivity contribution in [1.29, 1.82) is 0 Å². The standard InChI is InChI=1S/C32H47N3O5/c1-9-10-11-12-20-35(30(37)27(22(2)3)34-31(38)40-32(5,6)7)28(24-15-13-14-23(4)21-24)29(36)33-25-16-18-26(39-8)19-17-25/h13-19,21-22,27-28H,9-12,20H2,1-8H3,(H,33,36)(H,34,38). The summed E-state index contributed by atoms with van der Waals surface area (Å²) in [4.78, 5) is 42.6. The summed E-state index contributed by atoms with van der Waals surface area (Å²) in [6.45, 7) is 13.5. The predicted molar refractivity (Wildman–Crippen MR) is 159 cm³/mol. The van der Waals surface area contributed by atoms with Crippen molar-refractivity contribution >= 4 is 23.6 Å². The van der Waals surface area contributed by atoms with E-state index in [1.165, 1.54) is 0 Å². The molecule has 2 unspecified atom stereocenters. The number of methoxy groups -OCH3 is 1. The Bertz CT molecular complexity index is 1110. The molecule has 8 nitrogen and oxygen atoms in total. The Balaban J connectivity index is 2.51. The highest BCUT2D eigenvalue weighted by atomic mass is 16.6. The minimum absolute atomic E-state index is 0.235. The predicted octanol–water partition coefficient (Wildman–Crippen LogP) is 6.64. The van der Waals surface area contributed by atoms with E-state index in [0.717, 1.165) is 31.2 Å². The molecule has 0 aliphatic heterocycles. The Kier molecular flexibility index (Phi) is 12.5. The molecule has 2 aromatic rings. The van der Waals surface area contributed by atoms with Crippen LogP contribution in [0.1, 0.15) is 84.4 Å². The third kappa shape index (κ3) is 10.2. The number of unbranched alkanes of at least 4 members (excludes halogenated alkanes) is 3. The van der Waals surface area contributed by atoms with Gasteiger partial charge in [-0.2, -0.15) is 0 Å². The van der Waals surface area contributed by atoms with Crippen LogP contribution in [0.4, 0.5) is 10.5 Å². The molecule has 0 aliphatic rings. The molecule has 0 saturated carbocycles. The Hall–Kier alpha value is -3.55. The summed E-state index contributed by atoms with van der Waals surface area (Å²) in [6.07, 6.45) is 3.06. The smallest absolute Gasteiger partial charge is 0.408 e. The summed E-state index contributed by atoms with van der Waals surface area (Å²) in [5.41, 5.74) is 1.56. The van der Waals surface area contributed by atoms with Gasteiger partial charge in [0.05, 0.1) is 7.11 Å². The molecule has 0 radical (unpaired) electrons. The molecule has 220 valence electrons. The lowest BCUT2D eigenvalue weighted by Crippen LogP contribution is -2.54. The van der Waals surface area contributed by atoms with Gasteiger partial charge >= 0.3 is 6.09 Å². The molecule has 0 bridgehead atoms. The van der Waals surface area contributed by atoms with E-state index in [1.54, 1.807) is 57.0 Å². The van der Waals surface area contributed by atoms with Crippen molar-refractivity contribution in [2.45, 2.75) is 91.8 Å². The number of benzene rings is 2. The van der Waals surface area contributed by atoms with E-state index < -0.39 is 23.8 Å². The van der Waals surface area contributed by atoms with Crippen LogP contribution >= 0.6 is 0 Å². The monoisotopic (exact) mass is 553 g/mol. The first-order chi connectivity index (χ1) is 18.9. The Labute approximate surface area is 239 Å². The summed E-state index contributed by atoms with van der Waals surface area (Å²) in [7, 11) is 1.58. The highest BCUT2D eigenvalue weighted by Gasteiger charge is 2.37. The summed E-state index contributed by atoms with van der Waals surface area (Å²) in [6, 6.07) is 12.9. The quantitative estimate of drug-likeness (QED) is 0.271. The lowest BCUT2D eigenvalue weighted by molar-refractivity contribution is -0.141. The fourth-order valence-electron chi connectivity index (χ4n) is 4.40. The maximum absolute atomic E-state index is 14.2. The molecule has 2 rings (SSSR count). The van der Waals surface area contributed by atoms with Crippen molar-refractivity contribution in [3.05, 3.63) is 59.7 Å². The van der Waals surface area contributed by atoms with Crippen LogP contribution in [0, 0.1) is 12.8 Å². The summed E-state index contributed by atoms with van der Waals surface area (Å²) >= 11 is 0. The van der Waals surface area contributed by atoms with E-state index >= 15 is 0 Å². The topological polar surface area (TPSA) is 97.0 Å². The number of nitrogens with one attached hydrogen (secondary N) is 2. The first kappa shape index (κ1) is 32.7. The van der Waals surface area contributed by atoms with Gasteiger partial charge < -0.3 is 25.0 Å². The molecule has 0 saturated heterocycles. The van der Waals surface area contributed by atoms with Crippen molar-refractivity contribution in [2.75, 3.05) is 19.0 Å². The maximum Gasteiger partial charge on any atom is 0.408 e. The van der Waals surface area contributed by atoms with Crippen LogP contribution in [-0.4, -0.2) is 48.1 Å². The highest BCUT2D eigenvalue weighted by molar-refractivity contribution is 5.99. The second-order valence-corrected chi connectivity index (χ2v) is 11.5. The first-order valence-corrected chi connectivity index (χ1v) is 14.2. The van der Waals surface area contributed by atoms with Crippen LogP contribution in [0.25, 0.3) is 0 Å². The zero-order chi connectivity index (χ0) is 29.9. The average Bonchev–Trinajstić information content (AvgIpc) is 2.88. The molecule has 0 fully saturated rings. The molecule has 2 atom stereocenters. The fraction of sp³-hybridized carbons (Fsp3) is 0.531. The number of carbonyl (C=O) groups is 3. The minimum atomic E-state index is -0.905. The maximum atomic E-state index is 14.2. The summed E-state index contributed by atoms with van der Waals surface area (Å²) in [5.74, 6) is -0.219. The van der Waals surface area contributed by atoms with Crippen molar-refractivity contribution < 1.29 is 23.9 Å². The van der Waals surface area contributed by atoms with Gasteiger partial charge in [0.2, 0.25) is 5.91 Å². The second kappa shape index (κ2) is 15.3. The second-order valence-electron chi connectivity index (χ2n) is 11.5. The van der Waals surface area contributed by atoms with Crippen molar-refractivity contribution in [3.63, 3.8) is 0 Å². The van der Waals surface area contributed by atoms with E-state index in [9.17, 15) is 14.4 Å². The number of nitrogens with zero attached hydrogens (tertiary/aromatic N) is 1. The minimum Gasteiger partial charge on any atom is -0.497 e. The van der Waals surface area contributed by atoms with Gasteiger partial charge in [-0.1, -0.05) is 69.9 Å². The molecule has 2 N–H and O–H groups in total. The van der Waals surface area contributed by atoms with Crippen LogP contribution < -0.4 is 15.4 Å². The molecular weight excluding hydrogens is 506 g/mol. The lowest BCUT2D eigenvalue weighted by Gasteiger charge is -2.35. The SMILES string of the molecule is CCCCCCN(C(=O)C(NC(=O)OC(C)(C)C)C(C)C)C(C(=O)Nc1ccc(OC)cc1)c1cccc(C)c1. The molecule has 0 heterocycles.